The topological polar surface area (TPSA) is 662 Å². The van der Waals surface area contributed by atoms with Crippen LogP contribution in [0, 0.1) is 0 Å². The number of aliphatic hydroxyl groups is 23. The van der Waals surface area contributed by atoms with Crippen LogP contribution in [0.4, 0.5) is 0 Å². The third-order valence-corrected chi connectivity index (χ3v) is 17.4. The van der Waals surface area contributed by atoms with Crippen LogP contribution < -0.4 is 10.6 Å². The van der Waals surface area contributed by atoms with E-state index in [1.54, 1.807) is 0 Å². The van der Waals surface area contributed by atoms with Crippen LogP contribution in [0.1, 0.15) is 20.8 Å². The van der Waals surface area contributed by atoms with Gasteiger partial charge in [0.2, 0.25) is 11.8 Å². The molecular formula is C52H88N2O40. The maximum atomic E-state index is 12.6. The molecule has 0 aromatic heterocycles. The minimum atomic E-state index is -2.32. The molecule has 546 valence electrons. The van der Waals surface area contributed by atoms with E-state index in [0.717, 1.165) is 13.8 Å². The van der Waals surface area contributed by atoms with Gasteiger partial charge in [0.05, 0.1) is 52.4 Å². The molecule has 0 bridgehead atoms. The molecule has 0 spiro atoms. The summed E-state index contributed by atoms with van der Waals surface area (Å²) in [7, 11) is 0. The van der Waals surface area contributed by atoms with Crippen LogP contribution in [0.3, 0.4) is 0 Å². The number of nitrogens with one attached hydrogen (secondary N) is 2. The highest BCUT2D eigenvalue weighted by atomic mass is 16.8. The summed E-state index contributed by atoms with van der Waals surface area (Å²) in [6.45, 7) is -3.66. The fourth-order valence-corrected chi connectivity index (χ4v) is 12.1. The highest BCUT2D eigenvalue weighted by molar-refractivity contribution is 5.73. The summed E-state index contributed by atoms with van der Waals surface area (Å²) in [5.74, 6) is -1.70. The molecule has 0 aliphatic carbocycles. The standard InChI is InChI=1S/C52H88N2O40/c1-11-23(63)29(69)34(74)47(81-11)94-44-31(71)25(65)15(5-56)85-52(44)93-43-26(66)16(6-57)84-51(38(43)78)91-41-19(9-60)88-50(37(77)33(41)73)92-42-22(54-13(3)62)45(79)82-20(27(42)67)10-80-46-21(53-12(2)61)28(68)39(17(7-58)86-46)89-49-36(76)32(72)40(18(8-59)87-49)90-48-35(75)30(70)24(64)14(4-55)83-48/h11,14-52,55-60,63-79H,4-10H2,1-3H3,(H,53,61)(H,54,62)/t11-,14+,15+,16+,17+,18+,19+,20+,21+,22+,23+,24-,25-,26-,27-,28+,29+,30-,31-,32+,33+,34-,35-,36+,37+,38+,39+,40-,41-,42+,43-,44+,45?,46+,47-,48+,49-,50-,51+,52+/m0/s1. The van der Waals surface area contributed by atoms with Crippen molar-refractivity contribution in [3.05, 3.63) is 0 Å². The Morgan fingerprint density at radius 1 is 0.298 bits per heavy atom. The van der Waals surface area contributed by atoms with Gasteiger partial charge in [-0.15, -0.1) is 0 Å². The number of aliphatic hydroxyl groups excluding tert-OH is 23. The molecule has 0 radical (unpaired) electrons. The van der Waals surface area contributed by atoms with Crippen molar-refractivity contribution in [3.8, 4) is 0 Å². The van der Waals surface area contributed by atoms with Crippen molar-refractivity contribution in [1.29, 1.82) is 0 Å². The molecule has 42 heteroatoms. The molecule has 0 saturated carbocycles. The predicted octanol–water partition coefficient (Wildman–Crippen LogP) is -17.1. The zero-order valence-corrected chi connectivity index (χ0v) is 50.3. The van der Waals surface area contributed by atoms with Crippen molar-refractivity contribution in [3.63, 3.8) is 0 Å². The largest absolute Gasteiger partial charge is 0.394 e. The highest BCUT2D eigenvalue weighted by Crippen LogP contribution is 2.38. The number of rotatable bonds is 23. The molecule has 8 saturated heterocycles. The molecular weight excluding hydrogens is 1290 g/mol. The van der Waals surface area contributed by atoms with Crippen molar-refractivity contribution in [1.82, 2.24) is 10.6 Å². The van der Waals surface area contributed by atoms with Gasteiger partial charge in [-0.1, -0.05) is 0 Å². The molecule has 8 rings (SSSR count). The fourth-order valence-electron chi connectivity index (χ4n) is 12.1. The van der Waals surface area contributed by atoms with E-state index in [1.165, 1.54) is 6.92 Å². The van der Waals surface area contributed by atoms with Crippen LogP contribution in [0.2, 0.25) is 0 Å². The average Bonchev–Trinajstić information content (AvgIpc) is 0.781. The van der Waals surface area contributed by atoms with Crippen molar-refractivity contribution >= 4 is 11.8 Å². The molecule has 2 amide bonds. The van der Waals surface area contributed by atoms with Crippen LogP contribution in [0.15, 0.2) is 0 Å². The number of carbonyl (C=O) groups is 2. The molecule has 42 nitrogen and oxygen atoms in total. The summed E-state index contributed by atoms with van der Waals surface area (Å²) >= 11 is 0. The van der Waals surface area contributed by atoms with E-state index < -0.39 is 304 Å². The molecule has 8 fully saturated rings. The van der Waals surface area contributed by atoms with Crippen LogP contribution in [0.5, 0.6) is 0 Å². The Labute approximate surface area is 532 Å². The molecule has 0 aromatic carbocycles. The normalized spacial score (nSPS) is 51.2. The van der Waals surface area contributed by atoms with E-state index in [4.69, 9.17) is 71.1 Å². The van der Waals surface area contributed by atoms with E-state index in [9.17, 15) is 127 Å². The van der Waals surface area contributed by atoms with Gasteiger partial charge in [0.15, 0.2) is 50.3 Å². The van der Waals surface area contributed by atoms with Crippen molar-refractivity contribution < 1.29 is 198 Å². The lowest BCUT2D eigenvalue weighted by atomic mass is 9.94. The smallest absolute Gasteiger partial charge is 0.217 e. The molecule has 40 atom stereocenters. The van der Waals surface area contributed by atoms with Crippen LogP contribution >= 0.6 is 0 Å². The number of hydrogen-bond acceptors (Lipinski definition) is 40. The summed E-state index contributed by atoms with van der Waals surface area (Å²) in [5, 5.41) is 254. The Morgan fingerprint density at radius 3 is 1.11 bits per heavy atom. The first-order valence-corrected chi connectivity index (χ1v) is 30.0. The van der Waals surface area contributed by atoms with E-state index in [1.807, 2.05) is 0 Å². The van der Waals surface area contributed by atoms with Crippen LogP contribution in [0.25, 0.3) is 0 Å². The van der Waals surface area contributed by atoms with Gasteiger partial charge in [-0.25, -0.2) is 0 Å². The maximum Gasteiger partial charge on any atom is 0.217 e. The van der Waals surface area contributed by atoms with Gasteiger partial charge < -0.3 is 199 Å². The predicted molar refractivity (Wildman–Crippen MR) is 286 cm³/mol. The van der Waals surface area contributed by atoms with E-state index in [2.05, 4.69) is 10.6 Å². The maximum absolute atomic E-state index is 12.6. The van der Waals surface area contributed by atoms with E-state index in [0.29, 0.717) is 0 Å². The van der Waals surface area contributed by atoms with Gasteiger partial charge in [0.1, 0.15) is 189 Å². The lowest BCUT2D eigenvalue weighted by molar-refractivity contribution is -0.397. The first-order chi connectivity index (χ1) is 44.4. The summed E-state index contributed by atoms with van der Waals surface area (Å²) in [6, 6.07) is -3.49. The molecule has 94 heavy (non-hydrogen) atoms. The quantitative estimate of drug-likeness (QED) is 0.0452. The Morgan fingerprint density at radius 2 is 0.628 bits per heavy atom. The van der Waals surface area contributed by atoms with E-state index >= 15 is 0 Å². The van der Waals surface area contributed by atoms with Gasteiger partial charge in [-0.2, -0.15) is 0 Å². The fraction of sp³-hybridized carbons (Fsp3) is 0.962. The summed E-state index contributed by atoms with van der Waals surface area (Å²) < 4.78 is 85.7. The third kappa shape index (κ3) is 16.4. The van der Waals surface area contributed by atoms with Crippen LogP contribution in [-0.4, -0.2) is 421 Å². The minimum absolute atomic E-state index is 0.840. The zero-order valence-electron chi connectivity index (χ0n) is 50.3. The lowest BCUT2D eigenvalue weighted by Gasteiger charge is -2.50. The number of carbonyl (C=O) groups excluding carboxylic acids is 2. The summed E-state index contributed by atoms with van der Waals surface area (Å²) in [6.07, 6.45) is -73.2. The minimum Gasteiger partial charge on any atom is -0.394 e. The molecule has 1 unspecified atom stereocenters. The van der Waals surface area contributed by atoms with Gasteiger partial charge >= 0.3 is 0 Å². The first-order valence-electron chi connectivity index (χ1n) is 30.0. The number of amides is 2. The number of hydrogen-bond donors (Lipinski definition) is 25. The second-order valence-corrected chi connectivity index (χ2v) is 23.9. The molecule has 0 aromatic rings. The van der Waals surface area contributed by atoms with Gasteiger partial charge in [0, 0.05) is 13.8 Å². The molecule has 8 aliphatic heterocycles. The van der Waals surface area contributed by atoms with Crippen LogP contribution in [-0.2, 0) is 80.6 Å². The Kier molecular flexibility index (Phi) is 27.3. The highest BCUT2D eigenvalue weighted by Gasteiger charge is 2.59. The zero-order chi connectivity index (χ0) is 69.2. The Bertz CT molecular complexity index is 2360. The first kappa shape index (κ1) is 77.2. The van der Waals surface area contributed by atoms with Crippen molar-refractivity contribution in [2.75, 3.05) is 46.2 Å². The Balaban J connectivity index is 0.934. The second-order valence-electron chi connectivity index (χ2n) is 23.9. The Hall–Kier alpha value is -2.58. The van der Waals surface area contributed by atoms with Crippen molar-refractivity contribution in [2.45, 2.75) is 266 Å². The average molecular weight is 1380 g/mol. The number of ether oxygens (including phenoxy) is 15. The SMILES string of the molecule is CC(=O)N[C@H]1[C@H](OC[C@H]2OC(O)[C@H](NC(C)=O)[C@@H](O[C@@H]3O[C@H](CO)[C@H](O[C@H]4O[C@H](CO)[C@H](O)[C@H](O[C@H]5O[C@H](CO)[C@H](O)[C@H](O)[C@H]5O[C@@H]5O[C@@H](C)[C@@H](O)[C@@H](O)[C@@H]5O)[C@H]4O)[C@H](O)[C@H]3O)[C@H]2O)O[C@H](CO)[C@@H](O[C@@H]2O[C@H](CO)[C@H](O[C@H]3O[C@H](CO)[C@H](O)[C@H](O)[C@@H]3O)[C@H](O)[C@H]2O)[C@@H]1O. The van der Waals surface area contributed by atoms with E-state index in [-0.39, 0.29) is 0 Å². The summed E-state index contributed by atoms with van der Waals surface area (Å²) in [5.41, 5.74) is 0. The van der Waals surface area contributed by atoms with Gasteiger partial charge in [-0.05, 0) is 6.92 Å². The lowest BCUT2D eigenvalue weighted by Crippen LogP contribution is -2.69. The second kappa shape index (κ2) is 33.3. The van der Waals surface area contributed by atoms with Crippen molar-refractivity contribution in [2.24, 2.45) is 0 Å². The molecule has 25 N–H and O–H groups in total. The molecule has 8 heterocycles. The summed E-state index contributed by atoms with van der Waals surface area (Å²) in [4.78, 5) is 25.1. The van der Waals surface area contributed by atoms with Gasteiger partial charge in [-0.3, -0.25) is 9.59 Å². The molecule has 8 aliphatic rings. The van der Waals surface area contributed by atoms with Gasteiger partial charge in [0.25, 0.3) is 0 Å². The third-order valence-electron chi connectivity index (χ3n) is 17.4. The monoisotopic (exact) mass is 1380 g/mol.